The zero-order chi connectivity index (χ0) is 32.1. The normalized spacial score (nSPS) is 12.8. The van der Waals surface area contributed by atoms with E-state index in [9.17, 15) is 31.2 Å². The Labute approximate surface area is 249 Å². The summed E-state index contributed by atoms with van der Waals surface area (Å²) in [5.41, 5.74) is 1.06. The quantitative estimate of drug-likeness (QED) is 0.250. The van der Waals surface area contributed by atoms with Crippen molar-refractivity contribution in [1.29, 1.82) is 0 Å². The lowest BCUT2D eigenvalue weighted by molar-refractivity contribution is -0.156. The summed E-state index contributed by atoms with van der Waals surface area (Å²) in [6, 6.07) is 12.1. The number of rotatable bonds is 12. The molecule has 0 bridgehead atoms. The minimum Gasteiger partial charge on any atom is -0.352 e. The standard InChI is InChI=1S/C30H37F3N4O5S/c1-7-10-25(38)37(26(18(2)3)29(39)34-19(4)5)17-21-13-15-22(16-14-21)23-11-8-9-12-24(23)43(40,41)36-28-20(6)27(42-35-28)30(31,32)33/h8-9,11-16,18-19,26H,7,10,17H2,1-6H3,(H,34,39)(H,35,36)/t26-/m0/s1. The Balaban J connectivity index is 1.92. The van der Waals surface area contributed by atoms with Crippen molar-refractivity contribution in [1.82, 2.24) is 15.4 Å². The van der Waals surface area contributed by atoms with Crippen LogP contribution in [0.2, 0.25) is 0 Å². The predicted octanol–water partition coefficient (Wildman–Crippen LogP) is 6.15. The summed E-state index contributed by atoms with van der Waals surface area (Å²) < 4.78 is 72.4. The van der Waals surface area contributed by atoms with E-state index >= 15 is 0 Å². The van der Waals surface area contributed by atoms with E-state index in [0.29, 0.717) is 17.5 Å². The van der Waals surface area contributed by atoms with E-state index in [0.717, 1.165) is 12.5 Å². The Morgan fingerprint density at radius 3 is 2.19 bits per heavy atom. The van der Waals surface area contributed by atoms with Gasteiger partial charge in [-0.1, -0.05) is 68.4 Å². The highest BCUT2D eigenvalue weighted by atomic mass is 32.2. The minimum atomic E-state index is -4.83. The lowest BCUT2D eigenvalue weighted by Gasteiger charge is -2.34. The van der Waals surface area contributed by atoms with Gasteiger partial charge in [-0.05, 0) is 50.3 Å². The number of benzene rings is 2. The summed E-state index contributed by atoms with van der Waals surface area (Å²) >= 11 is 0. The van der Waals surface area contributed by atoms with E-state index in [-0.39, 0.29) is 41.6 Å². The van der Waals surface area contributed by atoms with Crippen molar-refractivity contribution in [3.8, 4) is 11.1 Å². The molecular formula is C30H37F3N4O5S. The smallest absolute Gasteiger partial charge is 0.352 e. The van der Waals surface area contributed by atoms with Gasteiger partial charge in [0.1, 0.15) is 6.04 Å². The van der Waals surface area contributed by atoms with Gasteiger partial charge in [0.05, 0.1) is 4.90 Å². The number of hydrogen-bond acceptors (Lipinski definition) is 6. The number of aromatic nitrogens is 1. The molecule has 0 spiro atoms. The molecule has 0 aliphatic heterocycles. The Bertz CT molecular complexity index is 1530. The molecule has 1 atom stereocenters. The van der Waals surface area contributed by atoms with Crippen LogP contribution in [0.25, 0.3) is 11.1 Å². The SMILES string of the molecule is CCCC(=O)N(Cc1ccc(-c2ccccc2S(=O)(=O)Nc2noc(C(F)(F)F)c2C)cc1)[C@H](C(=O)NC(C)C)C(C)C. The lowest BCUT2D eigenvalue weighted by atomic mass is 9.98. The minimum absolute atomic E-state index is 0.0955. The number of sulfonamides is 1. The number of carbonyl (C=O) groups excluding carboxylic acids is 2. The highest BCUT2D eigenvalue weighted by Gasteiger charge is 2.39. The number of hydrogen-bond donors (Lipinski definition) is 2. The fourth-order valence-electron chi connectivity index (χ4n) is 4.68. The molecule has 0 fully saturated rings. The summed E-state index contributed by atoms with van der Waals surface area (Å²) in [4.78, 5) is 27.6. The molecule has 0 saturated carbocycles. The van der Waals surface area contributed by atoms with Crippen LogP contribution in [0.1, 0.15) is 64.3 Å². The molecule has 43 heavy (non-hydrogen) atoms. The Hall–Kier alpha value is -3.87. The maximum absolute atomic E-state index is 13.3. The van der Waals surface area contributed by atoms with Gasteiger partial charge in [0, 0.05) is 30.1 Å². The van der Waals surface area contributed by atoms with Crippen LogP contribution in [-0.4, -0.2) is 42.4 Å². The van der Waals surface area contributed by atoms with Gasteiger partial charge < -0.3 is 14.7 Å². The summed E-state index contributed by atoms with van der Waals surface area (Å²) in [6.07, 6.45) is -3.93. The van der Waals surface area contributed by atoms with Gasteiger partial charge in [0.25, 0.3) is 10.0 Å². The molecule has 1 aromatic heterocycles. The summed E-state index contributed by atoms with van der Waals surface area (Å²) in [6.45, 7) is 10.6. The topological polar surface area (TPSA) is 122 Å². The molecule has 0 unspecified atom stereocenters. The fourth-order valence-corrected chi connectivity index (χ4v) is 5.96. The molecule has 13 heteroatoms. The van der Waals surface area contributed by atoms with E-state index < -0.39 is 39.4 Å². The fraction of sp³-hybridized carbons (Fsp3) is 0.433. The zero-order valence-electron chi connectivity index (χ0n) is 24.9. The monoisotopic (exact) mass is 622 g/mol. The Kier molecular flexibility index (Phi) is 10.7. The van der Waals surface area contributed by atoms with Crippen LogP contribution in [0, 0.1) is 12.8 Å². The first-order valence-electron chi connectivity index (χ1n) is 13.9. The lowest BCUT2D eigenvalue weighted by Crippen LogP contribution is -2.53. The van der Waals surface area contributed by atoms with E-state index in [2.05, 4.69) is 19.7 Å². The molecule has 2 amide bonds. The predicted molar refractivity (Wildman–Crippen MR) is 156 cm³/mol. The second-order valence-corrected chi connectivity index (χ2v) is 12.6. The summed E-state index contributed by atoms with van der Waals surface area (Å²) in [5.74, 6) is -2.48. The highest BCUT2D eigenvalue weighted by molar-refractivity contribution is 7.92. The second-order valence-electron chi connectivity index (χ2n) is 10.9. The van der Waals surface area contributed by atoms with Crippen molar-refractivity contribution in [3.63, 3.8) is 0 Å². The third-order valence-electron chi connectivity index (χ3n) is 6.66. The van der Waals surface area contributed by atoms with Gasteiger partial charge in [-0.25, -0.2) is 8.42 Å². The van der Waals surface area contributed by atoms with Crippen LogP contribution in [0.15, 0.2) is 57.9 Å². The average Bonchev–Trinajstić information content (AvgIpc) is 3.28. The average molecular weight is 623 g/mol. The number of halogens is 3. The highest BCUT2D eigenvalue weighted by Crippen LogP contribution is 2.36. The number of nitrogens with one attached hydrogen (secondary N) is 2. The van der Waals surface area contributed by atoms with Crippen molar-refractivity contribution in [3.05, 3.63) is 65.4 Å². The van der Waals surface area contributed by atoms with Gasteiger partial charge in [-0.15, -0.1) is 0 Å². The van der Waals surface area contributed by atoms with Gasteiger partial charge in [0.2, 0.25) is 17.6 Å². The van der Waals surface area contributed by atoms with Crippen molar-refractivity contribution < 1.29 is 35.7 Å². The Morgan fingerprint density at radius 1 is 1.02 bits per heavy atom. The van der Waals surface area contributed by atoms with Crippen molar-refractivity contribution in [2.45, 2.75) is 84.1 Å². The molecule has 0 aliphatic carbocycles. The van der Waals surface area contributed by atoms with Crippen LogP contribution in [0.5, 0.6) is 0 Å². The zero-order valence-corrected chi connectivity index (χ0v) is 25.8. The van der Waals surface area contributed by atoms with Gasteiger partial charge in [0.15, 0.2) is 5.82 Å². The second kappa shape index (κ2) is 13.6. The molecular weight excluding hydrogens is 585 g/mol. The number of carbonyl (C=O) groups is 2. The molecule has 2 N–H and O–H groups in total. The third-order valence-corrected chi connectivity index (χ3v) is 8.06. The number of nitrogens with zero attached hydrogens (tertiary/aromatic N) is 2. The van der Waals surface area contributed by atoms with Gasteiger partial charge in [-0.3, -0.25) is 14.3 Å². The number of amides is 2. The van der Waals surface area contributed by atoms with E-state index in [1.165, 1.54) is 12.1 Å². The van der Waals surface area contributed by atoms with Crippen LogP contribution in [0.4, 0.5) is 19.0 Å². The molecule has 234 valence electrons. The molecule has 9 nitrogen and oxygen atoms in total. The van der Waals surface area contributed by atoms with E-state index in [1.54, 1.807) is 41.3 Å². The number of anilines is 1. The molecule has 0 saturated heterocycles. The Morgan fingerprint density at radius 2 is 1.65 bits per heavy atom. The first kappa shape index (κ1) is 33.6. The number of alkyl halides is 3. The molecule has 1 heterocycles. The summed E-state index contributed by atoms with van der Waals surface area (Å²) in [7, 11) is -4.37. The maximum atomic E-state index is 13.3. The molecule has 3 rings (SSSR count). The molecule has 0 radical (unpaired) electrons. The third kappa shape index (κ3) is 8.15. The van der Waals surface area contributed by atoms with Crippen molar-refractivity contribution in [2.24, 2.45) is 5.92 Å². The van der Waals surface area contributed by atoms with Crippen molar-refractivity contribution >= 4 is 27.7 Å². The first-order valence-corrected chi connectivity index (χ1v) is 15.4. The molecule has 0 aliphatic rings. The van der Waals surface area contributed by atoms with Crippen LogP contribution in [-0.2, 0) is 32.3 Å². The van der Waals surface area contributed by atoms with Crippen LogP contribution < -0.4 is 10.0 Å². The molecule has 3 aromatic rings. The summed E-state index contributed by atoms with van der Waals surface area (Å²) in [5, 5.41) is 6.18. The van der Waals surface area contributed by atoms with Crippen molar-refractivity contribution in [2.75, 3.05) is 4.72 Å². The maximum Gasteiger partial charge on any atom is 0.452 e. The van der Waals surface area contributed by atoms with Crippen LogP contribution >= 0.6 is 0 Å². The molecule has 2 aromatic carbocycles. The van der Waals surface area contributed by atoms with Gasteiger partial charge in [-0.2, -0.15) is 13.2 Å². The van der Waals surface area contributed by atoms with E-state index in [4.69, 9.17) is 0 Å². The largest absolute Gasteiger partial charge is 0.452 e. The van der Waals surface area contributed by atoms with E-state index in [1.807, 2.05) is 34.6 Å². The van der Waals surface area contributed by atoms with Gasteiger partial charge >= 0.3 is 6.18 Å². The van der Waals surface area contributed by atoms with Crippen LogP contribution in [0.3, 0.4) is 0 Å². The first-order chi connectivity index (χ1) is 20.1.